The molecule has 5 rings (SSSR count). The first-order chi connectivity index (χ1) is 12.8. The third-order valence-electron chi connectivity index (χ3n) is 5.93. The van der Waals surface area contributed by atoms with Gasteiger partial charge in [0.15, 0.2) is 0 Å². The summed E-state index contributed by atoms with van der Waals surface area (Å²) in [6, 6.07) is 8.36. The number of aromatic amines is 1. The molecule has 5 heteroatoms. The van der Waals surface area contributed by atoms with E-state index in [1.54, 1.807) is 0 Å². The molecule has 2 aliphatic rings. The normalized spacial score (nSPS) is 20.4. The van der Waals surface area contributed by atoms with E-state index in [1.807, 2.05) is 30.5 Å². The first-order valence-electron chi connectivity index (χ1n) is 9.74. The molecule has 1 unspecified atom stereocenters. The zero-order valence-electron chi connectivity index (χ0n) is 14.9. The monoisotopic (exact) mass is 348 g/mol. The fourth-order valence-corrected chi connectivity index (χ4v) is 4.50. The molecule has 2 aliphatic carbocycles. The van der Waals surface area contributed by atoms with Crippen LogP contribution in [-0.2, 0) is 6.42 Å². The molecule has 2 heterocycles. The van der Waals surface area contributed by atoms with Crippen LogP contribution in [0.25, 0.3) is 10.9 Å². The van der Waals surface area contributed by atoms with Crippen molar-refractivity contribution in [3.05, 3.63) is 53.5 Å². The van der Waals surface area contributed by atoms with Gasteiger partial charge >= 0.3 is 0 Å². The third kappa shape index (κ3) is 2.71. The number of H-pyrrole nitrogens is 1. The maximum atomic E-state index is 12.8. The van der Waals surface area contributed by atoms with E-state index >= 15 is 0 Å². The van der Waals surface area contributed by atoms with Crippen LogP contribution in [0.3, 0.4) is 0 Å². The number of hydrogen-bond acceptors (Lipinski definition) is 2. The summed E-state index contributed by atoms with van der Waals surface area (Å²) in [7, 11) is 0. The molecule has 134 valence electrons. The molecule has 26 heavy (non-hydrogen) atoms. The SMILES string of the molecule is O=C(NC1CCCc2cn(C3CCCC3)nc21)c1ccc2[nH]ccc2c1. The molecule has 1 aromatic carbocycles. The summed E-state index contributed by atoms with van der Waals surface area (Å²) in [5.74, 6) is -0.0126. The molecule has 5 nitrogen and oxygen atoms in total. The fourth-order valence-electron chi connectivity index (χ4n) is 4.50. The van der Waals surface area contributed by atoms with Gasteiger partial charge in [-0.1, -0.05) is 12.8 Å². The number of aryl methyl sites for hydroxylation is 1. The van der Waals surface area contributed by atoms with Crippen molar-refractivity contribution in [1.29, 1.82) is 0 Å². The van der Waals surface area contributed by atoms with Crippen LogP contribution in [0.15, 0.2) is 36.7 Å². The lowest BCUT2D eigenvalue weighted by Gasteiger charge is -2.22. The molecule has 1 fully saturated rings. The lowest BCUT2D eigenvalue weighted by atomic mass is 9.93. The van der Waals surface area contributed by atoms with Gasteiger partial charge in [0.1, 0.15) is 0 Å². The highest BCUT2D eigenvalue weighted by Gasteiger charge is 2.28. The van der Waals surface area contributed by atoms with Gasteiger partial charge in [-0.2, -0.15) is 5.10 Å². The quantitative estimate of drug-likeness (QED) is 0.742. The summed E-state index contributed by atoms with van der Waals surface area (Å²) in [5.41, 5.74) is 4.16. The van der Waals surface area contributed by atoms with Gasteiger partial charge in [-0.3, -0.25) is 9.48 Å². The van der Waals surface area contributed by atoms with Gasteiger partial charge in [0.05, 0.1) is 17.8 Å². The first-order valence-corrected chi connectivity index (χ1v) is 9.74. The minimum atomic E-state index is -0.0126. The average Bonchev–Trinajstić information content (AvgIpc) is 3.39. The van der Waals surface area contributed by atoms with Crippen LogP contribution >= 0.6 is 0 Å². The Morgan fingerprint density at radius 3 is 2.92 bits per heavy atom. The zero-order chi connectivity index (χ0) is 17.5. The van der Waals surface area contributed by atoms with Crippen molar-refractivity contribution < 1.29 is 4.79 Å². The van der Waals surface area contributed by atoms with Crippen LogP contribution in [-0.4, -0.2) is 20.7 Å². The Morgan fingerprint density at radius 1 is 1.15 bits per heavy atom. The van der Waals surface area contributed by atoms with Crippen molar-refractivity contribution in [2.45, 2.75) is 57.0 Å². The first kappa shape index (κ1) is 15.7. The average molecular weight is 348 g/mol. The highest BCUT2D eigenvalue weighted by atomic mass is 16.1. The van der Waals surface area contributed by atoms with Crippen molar-refractivity contribution >= 4 is 16.8 Å². The van der Waals surface area contributed by atoms with E-state index in [1.165, 1.54) is 31.2 Å². The Kier molecular flexibility index (Phi) is 3.80. The zero-order valence-corrected chi connectivity index (χ0v) is 14.9. The van der Waals surface area contributed by atoms with Crippen LogP contribution < -0.4 is 5.32 Å². The van der Waals surface area contributed by atoms with E-state index in [4.69, 9.17) is 5.10 Å². The standard InChI is InChI=1S/C21H24N4O/c26-21(15-8-9-18-14(12-15)10-11-22-18)23-19-7-3-4-16-13-25(24-20(16)19)17-5-1-2-6-17/h8-13,17,19,22H,1-7H2,(H,23,26). The number of hydrogen-bond donors (Lipinski definition) is 2. The van der Waals surface area contributed by atoms with E-state index in [9.17, 15) is 4.79 Å². The van der Waals surface area contributed by atoms with Crippen LogP contribution in [0, 0.1) is 0 Å². The number of amides is 1. The number of nitrogens with zero attached hydrogens (tertiary/aromatic N) is 2. The van der Waals surface area contributed by atoms with Crippen LogP contribution in [0.1, 0.15) is 72.2 Å². The van der Waals surface area contributed by atoms with Crippen molar-refractivity contribution in [1.82, 2.24) is 20.1 Å². The van der Waals surface area contributed by atoms with Gasteiger partial charge in [0, 0.05) is 28.9 Å². The summed E-state index contributed by atoms with van der Waals surface area (Å²) in [4.78, 5) is 16.0. The number of fused-ring (bicyclic) bond motifs is 2. The third-order valence-corrected chi connectivity index (χ3v) is 5.93. The van der Waals surface area contributed by atoms with E-state index in [2.05, 4.69) is 21.2 Å². The van der Waals surface area contributed by atoms with Gasteiger partial charge < -0.3 is 10.3 Å². The predicted molar refractivity (Wildman–Crippen MR) is 101 cm³/mol. The number of rotatable bonds is 3. The minimum absolute atomic E-state index is 0.0126. The molecule has 0 aliphatic heterocycles. The van der Waals surface area contributed by atoms with Crippen molar-refractivity contribution in [2.75, 3.05) is 0 Å². The Balaban J connectivity index is 1.38. The molecule has 1 atom stereocenters. The Hall–Kier alpha value is -2.56. The smallest absolute Gasteiger partial charge is 0.251 e. The lowest BCUT2D eigenvalue weighted by molar-refractivity contribution is 0.0931. The van der Waals surface area contributed by atoms with Gasteiger partial charge in [-0.15, -0.1) is 0 Å². The predicted octanol–water partition coefficient (Wildman–Crippen LogP) is 4.29. The van der Waals surface area contributed by atoms with E-state index in [0.29, 0.717) is 11.6 Å². The van der Waals surface area contributed by atoms with Gasteiger partial charge in [-0.05, 0) is 61.9 Å². The highest BCUT2D eigenvalue weighted by Crippen LogP contribution is 2.34. The van der Waals surface area contributed by atoms with Crippen molar-refractivity contribution in [3.8, 4) is 0 Å². The molecule has 1 amide bonds. The number of carbonyl (C=O) groups excluding carboxylic acids is 1. The van der Waals surface area contributed by atoms with Crippen molar-refractivity contribution in [2.24, 2.45) is 0 Å². The minimum Gasteiger partial charge on any atom is -0.361 e. The summed E-state index contributed by atoms with van der Waals surface area (Å²) < 4.78 is 2.17. The Morgan fingerprint density at radius 2 is 2.04 bits per heavy atom. The molecule has 0 bridgehead atoms. The van der Waals surface area contributed by atoms with E-state index in [0.717, 1.165) is 35.9 Å². The molecule has 0 spiro atoms. The second-order valence-electron chi connectivity index (χ2n) is 7.66. The van der Waals surface area contributed by atoms with E-state index < -0.39 is 0 Å². The van der Waals surface area contributed by atoms with Gasteiger partial charge in [0.25, 0.3) is 5.91 Å². The molecule has 0 radical (unpaired) electrons. The highest BCUT2D eigenvalue weighted by molar-refractivity contribution is 5.98. The second-order valence-corrected chi connectivity index (χ2v) is 7.66. The summed E-state index contributed by atoms with van der Waals surface area (Å²) in [5, 5.41) is 9.19. The lowest BCUT2D eigenvalue weighted by Crippen LogP contribution is -2.31. The van der Waals surface area contributed by atoms with Gasteiger partial charge in [-0.25, -0.2) is 0 Å². The molecule has 1 saturated carbocycles. The largest absolute Gasteiger partial charge is 0.361 e. The molecule has 2 N–H and O–H groups in total. The molecule has 3 aromatic rings. The Labute approximate surface area is 152 Å². The van der Waals surface area contributed by atoms with E-state index in [-0.39, 0.29) is 11.9 Å². The van der Waals surface area contributed by atoms with Crippen molar-refractivity contribution in [3.63, 3.8) is 0 Å². The molecule has 0 saturated heterocycles. The number of aromatic nitrogens is 3. The molecular weight excluding hydrogens is 324 g/mol. The van der Waals surface area contributed by atoms with Crippen LogP contribution in [0.2, 0.25) is 0 Å². The molecule has 2 aromatic heterocycles. The molecular formula is C21H24N4O. The Bertz CT molecular complexity index is 948. The fraction of sp³-hybridized carbons (Fsp3) is 0.429. The maximum absolute atomic E-state index is 12.8. The number of benzene rings is 1. The van der Waals surface area contributed by atoms with Gasteiger partial charge in [0.2, 0.25) is 0 Å². The van der Waals surface area contributed by atoms with Crippen LogP contribution in [0.5, 0.6) is 0 Å². The summed E-state index contributed by atoms with van der Waals surface area (Å²) in [6.07, 6.45) is 12.3. The second kappa shape index (κ2) is 6.31. The summed E-state index contributed by atoms with van der Waals surface area (Å²) >= 11 is 0. The van der Waals surface area contributed by atoms with Crippen LogP contribution in [0.4, 0.5) is 0 Å². The number of carbonyl (C=O) groups is 1. The topological polar surface area (TPSA) is 62.7 Å². The maximum Gasteiger partial charge on any atom is 0.251 e. The summed E-state index contributed by atoms with van der Waals surface area (Å²) in [6.45, 7) is 0. The number of nitrogens with one attached hydrogen (secondary N) is 2.